The van der Waals surface area contributed by atoms with Gasteiger partial charge in [0.05, 0.1) is 22.4 Å². The molecule has 0 radical (unpaired) electrons. The fourth-order valence-electron chi connectivity index (χ4n) is 7.26. The van der Waals surface area contributed by atoms with Gasteiger partial charge in [-0.2, -0.15) is 0 Å². The number of nitrogens with zero attached hydrogens (tertiary/aromatic N) is 4. The summed E-state index contributed by atoms with van der Waals surface area (Å²) < 4.78 is 12.1. The summed E-state index contributed by atoms with van der Waals surface area (Å²) in [4.78, 5) is 18.5. The van der Waals surface area contributed by atoms with Gasteiger partial charge in [0.1, 0.15) is 30.5 Å². The molecule has 0 atom stereocenters. The molecule has 5 aromatic rings. The standard InChI is InChI=1S/C41H45N5O2/c1-3-19-45(20-4-1)23-25-47-35-14-9-30(10-15-35)38-29-34-8-7-32(27-39(34)42-38)33-13-18-37-40(28-33)44-41(43-37)31-11-16-36(17-12-31)48-26-24-46-21-5-2-6-22-46/h7-18,27-28H,1-6,19-26,29H2,(H,43,44). The maximum atomic E-state index is 6.05. The summed E-state index contributed by atoms with van der Waals surface area (Å²) in [7, 11) is 0. The molecule has 7 heteroatoms. The number of ether oxygens (including phenoxy) is 2. The number of aliphatic imine (C=N–C) groups is 1. The number of piperidine rings is 2. The van der Waals surface area contributed by atoms with E-state index in [9.17, 15) is 0 Å². The molecule has 3 aliphatic rings. The Morgan fingerprint density at radius 1 is 0.583 bits per heavy atom. The minimum Gasteiger partial charge on any atom is -0.492 e. The molecular weight excluding hydrogens is 594 g/mol. The smallest absolute Gasteiger partial charge is 0.138 e. The summed E-state index contributed by atoms with van der Waals surface area (Å²) >= 11 is 0. The van der Waals surface area contributed by atoms with Crippen molar-refractivity contribution < 1.29 is 9.47 Å². The minimum atomic E-state index is 0.726. The number of benzene rings is 4. The molecule has 0 unspecified atom stereocenters. The maximum Gasteiger partial charge on any atom is 0.138 e. The third kappa shape index (κ3) is 7.18. The van der Waals surface area contributed by atoms with E-state index >= 15 is 0 Å². The van der Waals surface area contributed by atoms with Gasteiger partial charge in [-0.15, -0.1) is 0 Å². The van der Waals surface area contributed by atoms with E-state index in [-0.39, 0.29) is 0 Å². The van der Waals surface area contributed by atoms with Crippen LogP contribution < -0.4 is 9.47 Å². The number of aromatic amines is 1. The number of hydrogen-bond acceptors (Lipinski definition) is 6. The van der Waals surface area contributed by atoms with E-state index < -0.39 is 0 Å². The molecule has 2 fully saturated rings. The Bertz CT molecular complexity index is 1870. The van der Waals surface area contributed by atoms with Crippen molar-refractivity contribution in [3.05, 3.63) is 96.1 Å². The molecule has 0 amide bonds. The van der Waals surface area contributed by atoms with Crippen molar-refractivity contribution in [2.24, 2.45) is 4.99 Å². The molecule has 3 aliphatic heterocycles. The fourth-order valence-corrected chi connectivity index (χ4v) is 7.26. The number of hydrogen-bond donors (Lipinski definition) is 1. The van der Waals surface area contributed by atoms with Crippen molar-refractivity contribution in [2.45, 2.75) is 44.9 Å². The summed E-state index contributed by atoms with van der Waals surface area (Å²) in [6.45, 7) is 8.26. The monoisotopic (exact) mass is 639 g/mol. The number of likely N-dealkylation sites (tertiary alicyclic amines) is 2. The normalized spacial score (nSPS) is 17.0. The van der Waals surface area contributed by atoms with E-state index in [0.29, 0.717) is 0 Å². The largest absolute Gasteiger partial charge is 0.492 e. The van der Waals surface area contributed by atoms with E-state index in [1.54, 1.807) is 0 Å². The zero-order chi connectivity index (χ0) is 32.1. The summed E-state index contributed by atoms with van der Waals surface area (Å²) in [5.74, 6) is 2.70. The van der Waals surface area contributed by atoms with E-state index in [1.807, 2.05) is 12.1 Å². The van der Waals surface area contributed by atoms with Crippen LogP contribution in [-0.4, -0.2) is 78.0 Å². The summed E-state index contributed by atoms with van der Waals surface area (Å²) in [5, 5.41) is 0. The molecule has 48 heavy (non-hydrogen) atoms. The van der Waals surface area contributed by atoms with Gasteiger partial charge in [0, 0.05) is 25.1 Å². The van der Waals surface area contributed by atoms with Gasteiger partial charge in [-0.3, -0.25) is 14.8 Å². The SMILES string of the molecule is c1cc(C2=Nc3cc(-c4ccc5nc(-c6ccc(OCCN7CCCCC7)cc6)[nH]c5c4)ccc3C2)ccc1OCCN1CCCCC1. The molecule has 7 nitrogen and oxygen atoms in total. The van der Waals surface area contributed by atoms with Crippen molar-refractivity contribution in [3.8, 4) is 34.0 Å². The fraction of sp³-hybridized carbons (Fsp3) is 0.366. The Hall–Kier alpha value is -4.46. The van der Waals surface area contributed by atoms with Crippen LogP contribution >= 0.6 is 0 Å². The van der Waals surface area contributed by atoms with Crippen LogP contribution in [0.5, 0.6) is 11.5 Å². The number of H-pyrrole nitrogens is 1. The molecule has 1 aromatic heterocycles. The first-order valence-electron chi connectivity index (χ1n) is 17.9. The first-order chi connectivity index (χ1) is 23.7. The Labute approximate surface area is 283 Å². The lowest BCUT2D eigenvalue weighted by Gasteiger charge is -2.26. The molecular formula is C41H45N5O2. The highest BCUT2D eigenvalue weighted by atomic mass is 16.5. The van der Waals surface area contributed by atoms with E-state index in [0.717, 1.165) is 94.7 Å². The lowest BCUT2D eigenvalue weighted by atomic mass is 10.00. The van der Waals surface area contributed by atoms with Crippen LogP contribution in [0.15, 0.2) is 89.9 Å². The average Bonchev–Trinajstić information content (AvgIpc) is 3.77. The van der Waals surface area contributed by atoms with Crippen LogP contribution in [0.3, 0.4) is 0 Å². The van der Waals surface area contributed by atoms with Crippen molar-refractivity contribution >= 4 is 22.4 Å². The van der Waals surface area contributed by atoms with Gasteiger partial charge in [0.15, 0.2) is 0 Å². The first-order valence-corrected chi connectivity index (χ1v) is 17.9. The van der Waals surface area contributed by atoms with Crippen molar-refractivity contribution in [3.63, 3.8) is 0 Å². The van der Waals surface area contributed by atoms with Crippen LogP contribution in [0.25, 0.3) is 33.5 Å². The molecule has 246 valence electrons. The predicted octanol–water partition coefficient (Wildman–Crippen LogP) is 8.30. The van der Waals surface area contributed by atoms with Crippen LogP contribution in [0, 0.1) is 0 Å². The summed E-state index contributed by atoms with van der Waals surface area (Å²) in [6, 6.07) is 29.8. The highest BCUT2D eigenvalue weighted by Gasteiger charge is 2.18. The topological polar surface area (TPSA) is 66.0 Å². The highest BCUT2D eigenvalue weighted by Crippen LogP contribution is 2.35. The molecule has 4 aromatic carbocycles. The van der Waals surface area contributed by atoms with Gasteiger partial charge in [-0.25, -0.2) is 4.98 Å². The minimum absolute atomic E-state index is 0.726. The van der Waals surface area contributed by atoms with Crippen molar-refractivity contribution in [1.29, 1.82) is 0 Å². The third-order valence-corrected chi connectivity index (χ3v) is 10.1. The maximum absolute atomic E-state index is 6.05. The molecule has 0 bridgehead atoms. The van der Waals surface area contributed by atoms with Gasteiger partial charge in [0.2, 0.25) is 0 Å². The molecule has 4 heterocycles. The molecule has 0 saturated carbocycles. The Morgan fingerprint density at radius 2 is 1.15 bits per heavy atom. The number of rotatable bonds is 11. The van der Waals surface area contributed by atoms with Crippen LogP contribution in [0.4, 0.5) is 5.69 Å². The molecule has 2 saturated heterocycles. The number of nitrogens with one attached hydrogen (secondary N) is 1. The van der Waals surface area contributed by atoms with Crippen LogP contribution in [0.1, 0.15) is 49.7 Å². The van der Waals surface area contributed by atoms with Gasteiger partial charge >= 0.3 is 0 Å². The van der Waals surface area contributed by atoms with E-state index in [1.165, 1.54) is 70.3 Å². The number of aromatic nitrogens is 2. The predicted molar refractivity (Wildman–Crippen MR) is 195 cm³/mol. The van der Waals surface area contributed by atoms with Crippen LogP contribution in [-0.2, 0) is 6.42 Å². The zero-order valence-electron chi connectivity index (χ0n) is 27.8. The average molecular weight is 640 g/mol. The second-order valence-electron chi connectivity index (χ2n) is 13.4. The van der Waals surface area contributed by atoms with Gasteiger partial charge < -0.3 is 14.5 Å². The Morgan fingerprint density at radius 3 is 1.79 bits per heavy atom. The third-order valence-electron chi connectivity index (χ3n) is 10.1. The second kappa shape index (κ2) is 14.3. The number of fused-ring (bicyclic) bond motifs is 2. The Balaban J connectivity index is 0.899. The molecule has 0 aliphatic carbocycles. The quantitative estimate of drug-likeness (QED) is 0.158. The van der Waals surface area contributed by atoms with Gasteiger partial charge in [-0.05, 0) is 141 Å². The highest BCUT2D eigenvalue weighted by molar-refractivity contribution is 6.07. The second-order valence-corrected chi connectivity index (χ2v) is 13.4. The molecule has 1 N–H and O–H groups in total. The summed E-state index contributed by atoms with van der Waals surface area (Å²) in [6.07, 6.45) is 8.80. The summed E-state index contributed by atoms with van der Waals surface area (Å²) in [5.41, 5.74) is 9.89. The van der Waals surface area contributed by atoms with Gasteiger partial charge in [-0.1, -0.05) is 31.0 Å². The van der Waals surface area contributed by atoms with Crippen molar-refractivity contribution in [1.82, 2.24) is 19.8 Å². The lowest BCUT2D eigenvalue weighted by molar-refractivity contribution is 0.183. The number of imidazole rings is 1. The van der Waals surface area contributed by atoms with E-state index in [2.05, 4.69) is 87.6 Å². The first kappa shape index (κ1) is 30.8. The molecule has 8 rings (SSSR count). The molecule has 0 spiro atoms. The lowest BCUT2D eigenvalue weighted by Crippen LogP contribution is -2.33. The Kier molecular flexibility index (Phi) is 9.22. The van der Waals surface area contributed by atoms with Crippen LogP contribution in [0.2, 0.25) is 0 Å². The van der Waals surface area contributed by atoms with Gasteiger partial charge in [0.25, 0.3) is 0 Å². The van der Waals surface area contributed by atoms with Crippen molar-refractivity contribution in [2.75, 3.05) is 52.5 Å². The zero-order valence-corrected chi connectivity index (χ0v) is 27.8. The van der Waals surface area contributed by atoms with E-state index in [4.69, 9.17) is 19.5 Å².